The van der Waals surface area contributed by atoms with E-state index in [-0.39, 0.29) is 11.9 Å². The third-order valence-electron chi connectivity index (χ3n) is 5.28. The van der Waals surface area contributed by atoms with Gasteiger partial charge in [-0.15, -0.1) is 0 Å². The zero-order valence-electron chi connectivity index (χ0n) is 19.1. The number of halogens is 1. The quantitative estimate of drug-likeness (QED) is 0.343. The molecule has 0 aliphatic heterocycles. The number of benzene rings is 3. The number of amides is 3. The zero-order valence-corrected chi connectivity index (χ0v) is 19.8. The van der Waals surface area contributed by atoms with E-state index >= 15 is 0 Å². The van der Waals surface area contributed by atoms with Gasteiger partial charge in [-0.05, 0) is 72.0 Å². The molecule has 0 radical (unpaired) electrons. The van der Waals surface area contributed by atoms with E-state index in [1.165, 1.54) is 0 Å². The van der Waals surface area contributed by atoms with Crippen molar-refractivity contribution < 1.29 is 19.5 Å². The highest BCUT2D eigenvalue weighted by atomic mass is 35.5. The van der Waals surface area contributed by atoms with Gasteiger partial charge in [-0.1, -0.05) is 49.7 Å². The van der Waals surface area contributed by atoms with Gasteiger partial charge in [-0.3, -0.25) is 4.79 Å². The van der Waals surface area contributed by atoms with Crippen molar-refractivity contribution in [3.05, 3.63) is 82.9 Å². The summed E-state index contributed by atoms with van der Waals surface area (Å²) < 4.78 is 0. The fraction of sp³-hybridized carbons (Fsp3) is 0.192. The van der Waals surface area contributed by atoms with Crippen molar-refractivity contribution in [3.63, 3.8) is 0 Å². The molecule has 7 nitrogen and oxygen atoms in total. The molecule has 0 saturated carbocycles. The summed E-state index contributed by atoms with van der Waals surface area (Å²) in [5, 5.41) is 18.0. The van der Waals surface area contributed by atoms with Gasteiger partial charge in [0, 0.05) is 22.0 Å². The van der Waals surface area contributed by atoms with Crippen molar-refractivity contribution in [1.82, 2.24) is 5.32 Å². The Labute approximate surface area is 203 Å². The number of rotatable bonds is 7. The molecule has 34 heavy (non-hydrogen) atoms. The summed E-state index contributed by atoms with van der Waals surface area (Å²) in [4.78, 5) is 36.0. The second-order valence-electron chi connectivity index (χ2n) is 8.23. The number of carboxylic acids is 1. The predicted molar refractivity (Wildman–Crippen MR) is 134 cm³/mol. The first-order valence-corrected chi connectivity index (χ1v) is 11.1. The fourth-order valence-corrected chi connectivity index (χ4v) is 3.58. The van der Waals surface area contributed by atoms with Gasteiger partial charge in [0.1, 0.15) is 6.04 Å². The monoisotopic (exact) mass is 479 g/mol. The molecule has 3 aromatic rings. The van der Waals surface area contributed by atoms with Crippen LogP contribution in [-0.4, -0.2) is 29.1 Å². The standard InChI is InChI=1S/C26H26ClN3O4/c1-15(2)23(25(32)33)30-24(31)19-6-4-17(5-7-19)18-8-11-21(12-9-18)28-26(34)29-22-13-10-20(27)14-16(22)3/h4-15,23H,1-3H3,(H,30,31)(H,32,33)(H2,28,29,34)/t23-/m1/s1. The highest BCUT2D eigenvalue weighted by Gasteiger charge is 2.23. The number of hydrogen-bond acceptors (Lipinski definition) is 3. The summed E-state index contributed by atoms with van der Waals surface area (Å²) in [6.07, 6.45) is 0. The molecule has 3 aromatic carbocycles. The van der Waals surface area contributed by atoms with Crippen LogP contribution in [0, 0.1) is 12.8 Å². The van der Waals surface area contributed by atoms with Crippen molar-refractivity contribution in [2.24, 2.45) is 5.92 Å². The van der Waals surface area contributed by atoms with E-state index in [1.807, 2.05) is 19.1 Å². The molecule has 0 aliphatic rings. The number of urea groups is 1. The largest absolute Gasteiger partial charge is 0.480 e. The second kappa shape index (κ2) is 10.9. The molecule has 0 heterocycles. The van der Waals surface area contributed by atoms with Crippen molar-refractivity contribution in [2.45, 2.75) is 26.8 Å². The van der Waals surface area contributed by atoms with Crippen molar-refractivity contribution >= 4 is 40.9 Å². The molecule has 8 heteroatoms. The van der Waals surface area contributed by atoms with E-state index < -0.39 is 17.9 Å². The van der Waals surface area contributed by atoms with Gasteiger partial charge in [0.05, 0.1) is 0 Å². The Kier molecular flexibility index (Phi) is 7.91. The van der Waals surface area contributed by atoms with E-state index in [9.17, 15) is 19.5 Å². The van der Waals surface area contributed by atoms with E-state index in [0.29, 0.717) is 22.0 Å². The average Bonchev–Trinajstić information content (AvgIpc) is 2.79. The summed E-state index contributed by atoms with van der Waals surface area (Å²) in [6, 6.07) is 18.1. The summed E-state index contributed by atoms with van der Waals surface area (Å²) in [7, 11) is 0. The van der Waals surface area contributed by atoms with Gasteiger partial charge in [-0.25, -0.2) is 9.59 Å². The number of carbonyl (C=O) groups is 3. The molecular weight excluding hydrogens is 454 g/mol. The van der Waals surface area contributed by atoms with Gasteiger partial charge in [0.25, 0.3) is 5.91 Å². The molecule has 0 spiro atoms. The fourth-order valence-electron chi connectivity index (χ4n) is 3.35. The first-order valence-electron chi connectivity index (χ1n) is 10.7. The molecule has 0 bridgehead atoms. The minimum Gasteiger partial charge on any atom is -0.480 e. The highest BCUT2D eigenvalue weighted by molar-refractivity contribution is 6.30. The van der Waals surface area contributed by atoms with Crippen LogP contribution in [0.4, 0.5) is 16.2 Å². The maximum atomic E-state index is 12.4. The molecule has 4 N–H and O–H groups in total. The molecule has 0 unspecified atom stereocenters. The summed E-state index contributed by atoms with van der Waals surface area (Å²) in [5.41, 5.74) is 4.31. The SMILES string of the molecule is Cc1cc(Cl)ccc1NC(=O)Nc1ccc(-c2ccc(C(=O)N[C@@H](C(=O)O)C(C)C)cc2)cc1. The number of carbonyl (C=O) groups excluding carboxylic acids is 2. The van der Waals surface area contributed by atoms with Crippen LogP contribution in [0.2, 0.25) is 5.02 Å². The maximum Gasteiger partial charge on any atom is 0.326 e. The van der Waals surface area contributed by atoms with Gasteiger partial charge in [-0.2, -0.15) is 0 Å². The minimum atomic E-state index is -1.06. The maximum absolute atomic E-state index is 12.4. The number of aryl methyl sites for hydroxylation is 1. The molecule has 0 aromatic heterocycles. The number of anilines is 2. The van der Waals surface area contributed by atoms with Crippen LogP contribution in [-0.2, 0) is 4.79 Å². The van der Waals surface area contributed by atoms with Crippen molar-refractivity contribution in [2.75, 3.05) is 10.6 Å². The Morgan fingerprint density at radius 2 is 1.44 bits per heavy atom. The molecule has 1 atom stereocenters. The molecule has 0 fully saturated rings. The Balaban J connectivity index is 1.62. The van der Waals surface area contributed by atoms with Gasteiger partial charge < -0.3 is 21.1 Å². The predicted octanol–water partition coefficient (Wildman–Crippen LogP) is 5.80. The first-order chi connectivity index (χ1) is 16.1. The van der Waals surface area contributed by atoms with Crippen LogP contribution in [0.25, 0.3) is 11.1 Å². The van der Waals surface area contributed by atoms with Crippen LogP contribution in [0.5, 0.6) is 0 Å². The normalized spacial score (nSPS) is 11.6. The first kappa shape index (κ1) is 24.8. The molecule has 0 aliphatic carbocycles. The van der Waals surface area contributed by atoms with Crippen LogP contribution < -0.4 is 16.0 Å². The smallest absolute Gasteiger partial charge is 0.326 e. The number of carboxylic acid groups (broad SMARTS) is 1. The van der Waals surface area contributed by atoms with Crippen LogP contribution >= 0.6 is 11.6 Å². The van der Waals surface area contributed by atoms with Crippen LogP contribution in [0.3, 0.4) is 0 Å². The molecule has 0 saturated heterocycles. The lowest BCUT2D eigenvalue weighted by Gasteiger charge is -2.18. The topological polar surface area (TPSA) is 108 Å². The Bertz CT molecular complexity index is 1190. The summed E-state index contributed by atoms with van der Waals surface area (Å²) in [5.74, 6) is -1.73. The van der Waals surface area contributed by atoms with E-state index in [2.05, 4.69) is 16.0 Å². The van der Waals surface area contributed by atoms with Gasteiger partial charge in [0.15, 0.2) is 0 Å². The van der Waals surface area contributed by atoms with Crippen LogP contribution in [0.1, 0.15) is 29.8 Å². The third kappa shape index (κ3) is 6.36. The Hall–Kier alpha value is -3.84. The lowest BCUT2D eigenvalue weighted by atomic mass is 10.0. The van der Waals surface area contributed by atoms with Gasteiger partial charge in [0.2, 0.25) is 0 Å². The van der Waals surface area contributed by atoms with E-state index in [1.54, 1.807) is 68.4 Å². The molecule has 3 amide bonds. The molecular formula is C26H26ClN3O4. The lowest BCUT2D eigenvalue weighted by Crippen LogP contribution is -2.44. The van der Waals surface area contributed by atoms with E-state index in [4.69, 9.17) is 11.6 Å². The summed E-state index contributed by atoms with van der Waals surface area (Å²) in [6.45, 7) is 5.34. The molecule has 176 valence electrons. The number of hydrogen-bond donors (Lipinski definition) is 4. The number of nitrogens with one attached hydrogen (secondary N) is 3. The Morgan fingerprint density at radius 1 is 0.853 bits per heavy atom. The minimum absolute atomic E-state index is 0.231. The van der Waals surface area contributed by atoms with E-state index in [0.717, 1.165) is 16.7 Å². The van der Waals surface area contributed by atoms with Gasteiger partial charge >= 0.3 is 12.0 Å². The highest BCUT2D eigenvalue weighted by Crippen LogP contribution is 2.23. The van der Waals surface area contributed by atoms with Crippen molar-refractivity contribution in [3.8, 4) is 11.1 Å². The average molecular weight is 480 g/mol. The Morgan fingerprint density at radius 3 is 1.97 bits per heavy atom. The second-order valence-corrected chi connectivity index (χ2v) is 8.66. The molecule has 3 rings (SSSR count). The van der Waals surface area contributed by atoms with Crippen LogP contribution in [0.15, 0.2) is 66.7 Å². The van der Waals surface area contributed by atoms with Crippen molar-refractivity contribution in [1.29, 1.82) is 0 Å². The number of aliphatic carboxylic acids is 1. The zero-order chi connectivity index (χ0) is 24.8. The third-order valence-corrected chi connectivity index (χ3v) is 5.51. The lowest BCUT2D eigenvalue weighted by molar-refractivity contribution is -0.140. The summed E-state index contributed by atoms with van der Waals surface area (Å²) >= 11 is 5.95.